The second kappa shape index (κ2) is 11.0. The normalized spacial score (nSPS) is 14.9. The number of hydrogen-bond donors (Lipinski definition) is 0. The lowest BCUT2D eigenvalue weighted by molar-refractivity contribution is -0.385. The molecule has 0 fully saturated rings. The molecule has 2 amide bonds. The first-order chi connectivity index (χ1) is 17.3. The van der Waals surface area contributed by atoms with Crippen molar-refractivity contribution < 1.29 is 19.2 Å². The number of thiophene rings is 1. The minimum Gasteiger partial charge on any atom is -0.383 e. The number of nitrogens with zero attached hydrogens (tertiary/aromatic N) is 3. The van der Waals surface area contributed by atoms with E-state index >= 15 is 0 Å². The first-order valence-corrected chi connectivity index (χ1v) is 12.6. The van der Waals surface area contributed by atoms with Gasteiger partial charge in [-0.05, 0) is 54.5 Å². The summed E-state index contributed by atoms with van der Waals surface area (Å²) in [5, 5.41) is 13.5. The Balaban J connectivity index is 1.64. The van der Waals surface area contributed by atoms with Gasteiger partial charge in [-0.15, -0.1) is 11.3 Å². The molecule has 0 bridgehead atoms. The van der Waals surface area contributed by atoms with Crippen LogP contribution in [0.1, 0.15) is 43.5 Å². The summed E-state index contributed by atoms with van der Waals surface area (Å²) in [4.78, 5) is 42.6. The minimum absolute atomic E-state index is 0.125. The zero-order valence-corrected chi connectivity index (χ0v) is 21.4. The Morgan fingerprint density at radius 1 is 1.14 bits per heavy atom. The molecule has 0 aliphatic carbocycles. The summed E-state index contributed by atoms with van der Waals surface area (Å²) in [5.41, 5.74) is 3.80. The maximum absolute atomic E-state index is 13.7. The Morgan fingerprint density at radius 2 is 1.92 bits per heavy atom. The first kappa shape index (κ1) is 25.5. The fourth-order valence-electron chi connectivity index (χ4n) is 4.64. The fourth-order valence-corrected chi connectivity index (χ4v) is 5.55. The molecular weight excluding hydrogens is 478 g/mol. The van der Waals surface area contributed by atoms with E-state index in [2.05, 4.69) is 11.4 Å². The van der Waals surface area contributed by atoms with E-state index < -0.39 is 10.8 Å². The van der Waals surface area contributed by atoms with Crippen LogP contribution < -0.4 is 0 Å². The maximum atomic E-state index is 13.7. The Labute approximate surface area is 214 Å². The molecule has 1 aliphatic rings. The average Bonchev–Trinajstić information content (AvgIpc) is 3.35. The topological polar surface area (TPSA) is 93.0 Å². The van der Waals surface area contributed by atoms with Gasteiger partial charge in [0.15, 0.2) is 0 Å². The van der Waals surface area contributed by atoms with Gasteiger partial charge in [0.25, 0.3) is 11.6 Å². The molecule has 9 heteroatoms. The molecule has 2 heterocycles. The quantitative estimate of drug-likeness (QED) is 0.330. The van der Waals surface area contributed by atoms with Crippen molar-refractivity contribution in [2.45, 2.75) is 26.3 Å². The highest BCUT2D eigenvalue weighted by atomic mass is 32.1. The molecule has 0 saturated heterocycles. The summed E-state index contributed by atoms with van der Waals surface area (Å²) in [6, 6.07) is 14.3. The summed E-state index contributed by atoms with van der Waals surface area (Å²) in [6.07, 6.45) is 0.761. The van der Waals surface area contributed by atoms with Crippen LogP contribution in [0.15, 0.2) is 53.9 Å². The molecule has 1 aliphatic heterocycles. The van der Waals surface area contributed by atoms with Crippen molar-refractivity contribution >= 4 is 28.8 Å². The van der Waals surface area contributed by atoms with Crippen LogP contribution >= 0.6 is 11.3 Å². The lowest BCUT2D eigenvalue weighted by Crippen LogP contribution is -2.47. The second-order valence-electron chi connectivity index (χ2n) is 8.87. The van der Waals surface area contributed by atoms with Crippen LogP contribution in [-0.2, 0) is 16.0 Å². The van der Waals surface area contributed by atoms with Gasteiger partial charge in [0.2, 0.25) is 5.91 Å². The molecule has 1 atom stereocenters. The van der Waals surface area contributed by atoms with Crippen molar-refractivity contribution in [3.8, 4) is 0 Å². The van der Waals surface area contributed by atoms with Crippen molar-refractivity contribution in [1.82, 2.24) is 9.80 Å². The van der Waals surface area contributed by atoms with Crippen LogP contribution in [0.25, 0.3) is 0 Å². The lowest BCUT2D eigenvalue weighted by Gasteiger charge is -2.38. The molecule has 0 spiro atoms. The number of aryl methyl sites for hydroxylation is 2. The Morgan fingerprint density at radius 3 is 2.64 bits per heavy atom. The molecule has 3 aromatic rings. The number of amides is 2. The predicted molar refractivity (Wildman–Crippen MR) is 138 cm³/mol. The van der Waals surface area contributed by atoms with Crippen molar-refractivity contribution in [3.05, 3.63) is 96.7 Å². The van der Waals surface area contributed by atoms with Crippen LogP contribution in [-0.4, -0.2) is 59.9 Å². The van der Waals surface area contributed by atoms with Crippen LogP contribution in [0, 0.1) is 24.0 Å². The highest BCUT2D eigenvalue weighted by molar-refractivity contribution is 7.10. The maximum Gasteiger partial charge on any atom is 0.273 e. The molecule has 8 nitrogen and oxygen atoms in total. The molecule has 2 aromatic carbocycles. The van der Waals surface area contributed by atoms with Gasteiger partial charge in [-0.3, -0.25) is 19.7 Å². The summed E-state index contributed by atoms with van der Waals surface area (Å²) >= 11 is 1.70. The van der Waals surface area contributed by atoms with E-state index in [1.807, 2.05) is 36.1 Å². The minimum atomic E-state index is -0.504. The van der Waals surface area contributed by atoms with E-state index in [-0.39, 0.29) is 42.9 Å². The number of ether oxygens (including phenoxy) is 1. The van der Waals surface area contributed by atoms with E-state index in [9.17, 15) is 19.7 Å². The monoisotopic (exact) mass is 507 g/mol. The van der Waals surface area contributed by atoms with Crippen LogP contribution in [0.5, 0.6) is 0 Å². The van der Waals surface area contributed by atoms with Gasteiger partial charge in [-0.2, -0.15) is 0 Å². The molecule has 1 aromatic heterocycles. The summed E-state index contributed by atoms with van der Waals surface area (Å²) in [7, 11) is 1.53. The number of rotatable bonds is 8. The number of methoxy groups -OCH3 is 1. The third-order valence-electron chi connectivity index (χ3n) is 6.60. The van der Waals surface area contributed by atoms with Crippen LogP contribution in [0.2, 0.25) is 0 Å². The zero-order valence-electron chi connectivity index (χ0n) is 20.6. The van der Waals surface area contributed by atoms with Crippen molar-refractivity contribution in [1.29, 1.82) is 0 Å². The predicted octanol–water partition coefficient (Wildman–Crippen LogP) is 4.54. The fraction of sp³-hybridized carbons (Fsp3) is 0.333. The zero-order chi connectivity index (χ0) is 25.8. The number of nitro benzene ring substituents is 1. The largest absolute Gasteiger partial charge is 0.383 e. The first-order valence-electron chi connectivity index (χ1n) is 11.8. The molecular formula is C27H29N3O5S. The molecule has 1 unspecified atom stereocenters. The molecule has 4 rings (SSSR count). The Hall–Kier alpha value is -3.56. The van der Waals surface area contributed by atoms with Crippen LogP contribution in [0.4, 0.5) is 5.69 Å². The van der Waals surface area contributed by atoms with Crippen molar-refractivity contribution in [2.75, 3.05) is 33.4 Å². The van der Waals surface area contributed by atoms with E-state index in [0.717, 1.165) is 23.1 Å². The standard InChI is InChI=1S/C27H29N3O5S/c1-18-6-4-5-7-21(18)26-22-11-15-36-24(22)10-12-29(26)25(31)17-28(13-14-35-3)27(32)20-9-8-19(2)23(16-20)30(33)34/h4-9,11,15-16,26H,10,12-14,17H2,1-3H3. The summed E-state index contributed by atoms with van der Waals surface area (Å²) in [5.74, 6) is -0.615. The Bertz CT molecular complexity index is 1290. The number of hydrogen-bond acceptors (Lipinski definition) is 6. The van der Waals surface area contributed by atoms with Gasteiger partial charge in [0, 0.05) is 42.3 Å². The smallest absolute Gasteiger partial charge is 0.273 e. The summed E-state index contributed by atoms with van der Waals surface area (Å²) in [6.45, 7) is 4.49. The molecule has 0 saturated carbocycles. The summed E-state index contributed by atoms with van der Waals surface area (Å²) < 4.78 is 5.18. The third kappa shape index (κ3) is 5.17. The number of nitro groups is 1. The number of carbonyl (C=O) groups is 2. The molecule has 0 N–H and O–H groups in total. The van der Waals surface area contributed by atoms with Gasteiger partial charge < -0.3 is 14.5 Å². The van der Waals surface area contributed by atoms with Crippen molar-refractivity contribution in [2.24, 2.45) is 0 Å². The van der Waals surface area contributed by atoms with Crippen molar-refractivity contribution in [3.63, 3.8) is 0 Å². The van der Waals surface area contributed by atoms with Gasteiger partial charge in [0.05, 0.1) is 17.6 Å². The molecule has 188 valence electrons. The Kier molecular flexibility index (Phi) is 7.81. The van der Waals surface area contributed by atoms with E-state index in [1.165, 1.54) is 23.0 Å². The van der Waals surface area contributed by atoms with Gasteiger partial charge >= 0.3 is 0 Å². The average molecular weight is 508 g/mol. The highest BCUT2D eigenvalue weighted by Gasteiger charge is 2.34. The molecule has 0 radical (unpaired) electrons. The van der Waals surface area contributed by atoms with E-state index in [1.54, 1.807) is 30.4 Å². The number of carbonyl (C=O) groups excluding carboxylic acids is 2. The van der Waals surface area contributed by atoms with Gasteiger partial charge in [-0.1, -0.05) is 30.3 Å². The lowest BCUT2D eigenvalue weighted by atomic mass is 9.90. The second-order valence-corrected chi connectivity index (χ2v) is 9.87. The number of benzene rings is 2. The molecule has 36 heavy (non-hydrogen) atoms. The SMILES string of the molecule is COCCN(CC(=O)N1CCc2sccc2C1c1ccccc1C)C(=O)c1ccc(C)c([N+](=O)[O-])c1. The van der Waals surface area contributed by atoms with Gasteiger partial charge in [-0.25, -0.2) is 0 Å². The third-order valence-corrected chi connectivity index (χ3v) is 7.60. The van der Waals surface area contributed by atoms with Gasteiger partial charge in [0.1, 0.15) is 6.54 Å². The van der Waals surface area contributed by atoms with Crippen LogP contribution in [0.3, 0.4) is 0 Å². The van der Waals surface area contributed by atoms with E-state index in [0.29, 0.717) is 12.1 Å². The highest BCUT2D eigenvalue weighted by Crippen LogP contribution is 2.39. The van der Waals surface area contributed by atoms with E-state index in [4.69, 9.17) is 4.74 Å². The number of fused-ring (bicyclic) bond motifs is 1.